The van der Waals surface area contributed by atoms with Crippen LogP contribution in [0.2, 0.25) is 0 Å². The second-order valence-electron chi connectivity index (χ2n) is 15.7. The normalized spacial score (nSPS) is 13.5. The molecule has 0 aliphatic carbocycles. The Bertz CT molecular complexity index is 1710. The molecule has 0 fully saturated rings. The van der Waals surface area contributed by atoms with Crippen molar-refractivity contribution in [1.82, 2.24) is 21.3 Å². The lowest BCUT2D eigenvalue weighted by Gasteiger charge is -2.29. The second kappa shape index (κ2) is 25.8. The van der Waals surface area contributed by atoms with Crippen LogP contribution >= 0.6 is 21.6 Å². The topological polar surface area (TPSA) is 342 Å². The smallest absolute Gasteiger partial charge is 0.323 e. The van der Waals surface area contributed by atoms with E-state index in [9.17, 15) is 59.4 Å². The first-order chi connectivity index (χ1) is 29.0. The summed E-state index contributed by atoms with van der Waals surface area (Å²) >= 11 is 0. The molecule has 4 atom stereocenters. The van der Waals surface area contributed by atoms with Gasteiger partial charge in [0.2, 0.25) is 23.6 Å². The van der Waals surface area contributed by atoms with Crippen LogP contribution in [0.3, 0.4) is 0 Å². The number of hydrogen-bond donors (Lipinski definition) is 12. The largest absolute Gasteiger partial charge is 0.504 e. The van der Waals surface area contributed by atoms with Gasteiger partial charge in [0.15, 0.2) is 23.0 Å². The molecule has 2 aromatic rings. The fraction of sp³-hybridized carbons (Fsp3) is 0.550. The molecule has 0 unspecified atom stereocenters. The zero-order valence-electron chi connectivity index (χ0n) is 35.2. The van der Waals surface area contributed by atoms with Crippen LogP contribution in [0.25, 0.3) is 0 Å². The number of rotatable bonds is 27. The van der Waals surface area contributed by atoms with Crippen molar-refractivity contribution >= 4 is 57.2 Å². The van der Waals surface area contributed by atoms with Gasteiger partial charge in [0.1, 0.15) is 24.3 Å². The SMILES string of the molecule is CC(C)(COC(=O)[C@@H](N)Cc1ccc(O)c(O)c1)[C@@H](O)C(=O)NCCC(=O)NCCSSCCNC(=O)CCNC(=O)[C@H](O)C(C)(C)COC(=O)[C@@H](N)Cc1ccc(O)c(O)c1. The van der Waals surface area contributed by atoms with Gasteiger partial charge in [-0.3, -0.25) is 28.8 Å². The van der Waals surface area contributed by atoms with Crippen molar-refractivity contribution in [3.63, 3.8) is 0 Å². The Labute approximate surface area is 367 Å². The van der Waals surface area contributed by atoms with Crippen molar-refractivity contribution in [2.45, 2.75) is 77.7 Å². The van der Waals surface area contributed by atoms with Crippen molar-refractivity contribution in [2.24, 2.45) is 22.3 Å². The number of esters is 2. The van der Waals surface area contributed by atoms with Gasteiger partial charge < -0.3 is 72.8 Å². The number of phenolic OH excluding ortho intramolecular Hbond substituents is 4. The molecule has 22 heteroatoms. The minimum absolute atomic E-state index is 0.0150. The molecule has 2 aromatic carbocycles. The Kier molecular flexibility index (Phi) is 22.1. The Morgan fingerprint density at radius 2 is 0.935 bits per heavy atom. The average molecular weight is 913 g/mol. The third-order valence-corrected chi connectivity index (χ3v) is 11.6. The van der Waals surface area contributed by atoms with E-state index in [1.54, 1.807) is 0 Å². The summed E-state index contributed by atoms with van der Waals surface area (Å²) in [5.74, 6) is -3.94. The predicted molar refractivity (Wildman–Crippen MR) is 231 cm³/mol. The quantitative estimate of drug-likeness (QED) is 0.0231. The number of aliphatic hydroxyl groups excluding tert-OH is 2. The standard InChI is InChI=1S/C40H60N6O14S2/c1-39(2,21-59-37(57)25(41)17-23-5-7-27(47)29(49)19-23)33(53)35(55)45-11-9-31(51)43-13-15-61-62-16-14-44-32(52)10-12-46-36(56)34(54)40(3,4)22-60-38(58)26(42)18-24-6-8-28(48)30(50)20-24/h5-8,19-20,25-26,33-34,47-50,53-54H,9-18,21-22,41-42H2,1-4H3,(H,43,51)(H,44,52)(H,45,55)(H,46,56)/t25-,26-,33-,34-/m0/s1. The number of carbonyl (C=O) groups excluding carboxylic acids is 6. The van der Waals surface area contributed by atoms with Gasteiger partial charge in [-0.25, -0.2) is 0 Å². The Balaban J connectivity index is 1.52. The van der Waals surface area contributed by atoms with E-state index in [0.717, 1.165) is 0 Å². The molecule has 2 rings (SSSR count). The minimum atomic E-state index is -1.57. The Morgan fingerprint density at radius 3 is 1.27 bits per heavy atom. The van der Waals surface area contributed by atoms with Crippen molar-refractivity contribution < 1.29 is 68.9 Å². The minimum Gasteiger partial charge on any atom is -0.504 e. The molecular formula is C40H60N6O14S2. The van der Waals surface area contributed by atoms with E-state index in [-0.39, 0.29) is 86.8 Å². The molecule has 0 saturated heterocycles. The van der Waals surface area contributed by atoms with Crippen LogP contribution in [0, 0.1) is 10.8 Å². The molecular weight excluding hydrogens is 853 g/mol. The molecule has 346 valence electrons. The number of amides is 4. The summed E-state index contributed by atoms with van der Waals surface area (Å²) < 4.78 is 10.5. The lowest BCUT2D eigenvalue weighted by atomic mass is 9.87. The Hall–Kier alpha value is -5.00. The van der Waals surface area contributed by atoms with Gasteiger partial charge in [-0.05, 0) is 48.2 Å². The fourth-order valence-corrected chi connectivity index (χ4v) is 7.03. The number of aliphatic hydroxyl groups is 2. The number of nitrogens with one attached hydrogen (secondary N) is 4. The molecule has 4 amide bonds. The van der Waals surface area contributed by atoms with Gasteiger partial charge in [-0.2, -0.15) is 0 Å². The van der Waals surface area contributed by atoms with Gasteiger partial charge in [0.25, 0.3) is 0 Å². The number of aromatic hydroxyl groups is 4. The maximum atomic E-state index is 12.5. The second-order valence-corrected chi connectivity index (χ2v) is 18.4. The highest BCUT2D eigenvalue weighted by Crippen LogP contribution is 2.27. The summed E-state index contributed by atoms with van der Waals surface area (Å²) in [5, 5.41) is 69.7. The molecule has 0 radical (unpaired) electrons. The molecule has 0 aliphatic heterocycles. The van der Waals surface area contributed by atoms with E-state index in [1.807, 2.05) is 0 Å². The summed E-state index contributed by atoms with van der Waals surface area (Å²) in [5.41, 5.74) is 10.4. The molecule has 62 heavy (non-hydrogen) atoms. The highest BCUT2D eigenvalue weighted by molar-refractivity contribution is 8.76. The van der Waals surface area contributed by atoms with Gasteiger partial charge >= 0.3 is 11.9 Å². The highest BCUT2D eigenvalue weighted by Gasteiger charge is 2.37. The van der Waals surface area contributed by atoms with Gasteiger partial charge in [0, 0.05) is 61.4 Å². The van der Waals surface area contributed by atoms with E-state index < -0.39 is 58.9 Å². The predicted octanol–water partition coefficient (Wildman–Crippen LogP) is -0.564. The molecule has 0 heterocycles. The van der Waals surface area contributed by atoms with E-state index in [0.29, 0.717) is 35.7 Å². The van der Waals surface area contributed by atoms with Gasteiger partial charge in [-0.15, -0.1) is 0 Å². The number of benzene rings is 2. The highest BCUT2D eigenvalue weighted by atomic mass is 33.1. The number of phenols is 4. The van der Waals surface area contributed by atoms with Crippen LogP contribution in [0.4, 0.5) is 0 Å². The van der Waals surface area contributed by atoms with Crippen LogP contribution < -0.4 is 32.7 Å². The lowest BCUT2D eigenvalue weighted by Crippen LogP contribution is -2.47. The van der Waals surface area contributed by atoms with E-state index in [2.05, 4.69) is 21.3 Å². The first-order valence-electron chi connectivity index (χ1n) is 19.6. The van der Waals surface area contributed by atoms with E-state index >= 15 is 0 Å². The summed E-state index contributed by atoms with van der Waals surface area (Å²) in [7, 11) is 2.94. The zero-order valence-corrected chi connectivity index (χ0v) is 36.8. The van der Waals surface area contributed by atoms with Crippen molar-refractivity contribution in [1.29, 1.82) is 0 Å². The summed E-state index contributed by atoms with van der Waals surface area (Å²) in [6.45, 7) is 6.03. The molecule has 0 saturated carbocycles. The zero-order chi connectivity index (χ0) is 46.6. The summed E-state index contributed by atoms with van der Waals surface area (Å²) in [4.78, 5) is 74.3. The molecule has 0 aliphatic rings. The van der Waals surface area contributed by atoms with E-state index in [1.165, 1.54) is 85.7 Å². The third kappa shape index (κ3) is 18.9. The summed E-state index contributed by atoms with van der Waals surface area (Å²) in [6, 6.07) is 5.86. The van der Waals surface area contributed by atoms with Gasteiger partial charge in [-0.1, -0.05) is 61.4 Å². The number of hydrogen-bond acceptors (Lipinski definition) is 18. The molecule has 20 nitrogen and oxygen atoms in total. The first kappa shape index (κ1) is 53.1. The van der Waals surface area contributed by atoms with Gasteiger partial charge in [0.05, 0.1) is 13.2 Å². The average Bonchev–Trinajstić information content (AvgIpc) is 3.21. The molecule has 0 bridgehead atoms. The van der Waals surface area contributed by atoms with Crippen LogP contribution in [0.1, 0.15) is 51.7 Å². The monoisotopic (exact) mass is 912 g/mol. The maximum absolute atomic E-state index is 12.5. The third-order valence-electron chi connectivity index (χ3n) is 9.15. The lowest BCUT2D eigenvalue weighted by molar-refractivity contribution is -0.154. The van der Waals surface area contributed by atoms with Crippen molar-refractivity contribution in [2.75, 3.05) is 50.9 Å². The van der Waals surface area contributed by atoms with Crippen molar-refractivity contribution in [3.05, 3.63) is 47.5 Å². The molecule has 0 aromatic heterocycles. The van der Waals surface area contributed by atoms with Crippen LogP contribution in [-0.2, 0) is 51.1 Å². The maximum Gasteiger partial charge on any atom is 0.323 e. The fourth-order valence-electron chi connectivity index (χ4n) is 5.21. The molecule has 14 N–H and O–H groups in total. The number of nitrogens with two attached hydrogens (primary N) is 2. The number of ether oxygens (including phenoxy) is 2. The summed E-state index contributed by atoms with van der Waals surface area (Å²) in [6.07, 6.45) is -3.19. The van der Waals surface area contributed by atoms with Crippen LogP contribution in [-0.4, -0.2) is 141 Å². The van der Waals surface area contributed by atoms with Crippen LogP contribution in [0.15, 0.2) is 36.4 Å². The Morgan fingerprint density at radius 1 is 0.581 bits per heavy atom. The van der Waals surface area contributed by atoms with Crippen molar-refractivity contribution in [3.8, 4) is 23.0 Å². The molecule has 0 spiro atoms. The van der Waals surface area contributed by atoms with E-state index in [4.69, 9.17) is 20.9 Å². The first-order valence-corrected chi connectivity index (χ1v) is 22.1. The van der Waals surface area contributed by atoms with Crippen LogP contribution in [0.5, 0.6) is 23.0 Å². The number of carbonyl (C=O) groups is 6.